The smallest absolute Gasteiger partial charge is 0.0323 e. The van der Waals surface area contributed by atoms with E-state index in [2.05, 4.69) is 41.1 Å². The van der Waals surface area contributed by atoms with Crippen LogP contribution in [0.1, 0.15) is 30.0 Å². The molecule has 0 amide bonds. The third-order valence-corrected chi connectivity index (χ3v) is 3.59. The number of aryl methyl sites for hydroxylation is 1. The average Bonchev–Trinajstić information content (AvgIpc) is 2.91. The maximum absolute atomic E-state index is 6.10. The molecular weight excluding hydrogens is 226 g/mol. The summed E-state index contributed by atoms with van der Waals surface area (Å²) in [5, 5.41) is 0. The number of rotatable bonds is 2. The van der Waals surface area contributed by atoms with Gasteiger partial charge in [0.1, 0.15) is 0 Å². The zero-order chi connectivity index (χ0) is 9.42. The first-order valence-electron chi connectivity index (χ1n) is 4.70. The minimum absolute atomic E-state index is 0.256. The standard InChI is InChI=1S/C11H14BrN/c1-7-6-9(4-5-10(7)12)11(13)8-2-3-8/h4-6,8,11H,2-3,13H2,1H3/t11-/m1/s1. The molecule has 1 aromatic carbocycles. The van der Waals surface area contributed by atoms with Gasteiger partial charge in [0.05, 0.1) is 0 Å². The second kappa shape index (κ2) is 3.43. The summed E-state index contributed by atoms with van der Waals surface area (Å²) < 4.78 is 1.17. The summed E-state index contributed by atoms with van der Waals surface area (Å²) in [5.74, 6) is 0.737. The topological polar surface area (TPSA) is 26.0 Å². The molecule has 1 aliphatic carbocycles. The van der Waals surface area contributed by atoms with Gasteiger partial charge < -0.3 is 5.73 Å². The van der Waals surface area contributed by atoms with Crippen molar-refractivity contribution in [1.29, 1.82) is 0 Å². The first-order chi connectivity index (χ1) is 6.18. The molecule has 13 heavy (non-hydrogen) atoms. The summed E-state index contributed by atoms with van der Waals surface area (Å²) in [7, 11) is 0. The molecule has 0 bridgehead atoms. The number of hydrogen-bond acceptors (Lipinski definition) is 1. The Labute approximate surface area is 87.5 Å². The van der Waals surface area contributed by atoms with E-state index in [0.29, 0.717) is 0 Å². The fourth-order valence-electron chi connectivity index (χ4n) is 1.60. The predicted molar refractivity (Wildman–Crippen MR) is 58.5 cm³/mol. The van der Waals surface area contributed by atoms with Crippen molar-refractivity contribution in [1.82, 2.24) is 0 Å². The van der Waals surface area contributed by atoms with Gasteiger partial charge in [0.2, 0.25) is 0 Å². The quantitative estimate of drug-likeness (QED) is 0.844. The van der Waals surface area contributed by atoms with Gasteiger partial charge in [-0.2, -0.15) is 0 Å². The third kappa shape index (κ3) is 1.94. The fourth-order valence-corrected chi connectivity index (χ4v) is 1.85. The molecule has 2 N–H and O–H groups in total. The van der Waals surface area contributed by atoms with Gasteiger partial charge in [-0.25, -0.2) is 0 Å². The van der Waals surface area contributed by atoms with E-state index in [4.69, 9.17) is 5.73 Å². The molecule has 0 heterocycles. The van der Waals surface area contributed by atoms with Crippen molar-refractivity contribution in [3.63, 3.8) is 0 Å². The van der Waals surface area contributed by atoms with E-state index in [1.54, 1.807) is 0 Å². The van der Waals surface area contributed by atoms with E-state index in [1.165, 1.54) is 28.4 Å². The van der Waals surface area contributed by atoms with Crippen LogP contribution in [0.4, 0.5) is 0 Å². The van der Waals surface area contributed by atoms with Crippen molar-refractivity contribution >= 4 is 15.9 Å². The normalized spacial score (nSPS) is 18.7. The van der Waals surface area contributed by atoms with Crippen LogP contribution < -0.4 is 5.73 Å². The highest BCUT2D eigenvalue weighted by Gasteiger charge is 2.29. The van der Waals surface area contributed by atoms with Crippen molar-refractivity contribution in [2.45, 2.75) is 25.8 Å². The molecule has 1 aliphatic rings. The number of halogens is 1. The zero-order valence-corrected chi connectivity index (χ0v) is 9.34. The van der Waals surface area contributed by atoms with Crippen LogP contribution in [0.5, 0.6) is 0 Å². The number of benzene rings is 1. The lowest BCUT2D eigenvalue weighted by Crippen LogP contribution is -2.12. The van der Waals surface area contributed by atoms with Gasteiger partial charge >= 0.3 is 0 Å². The molecule has 0 spiro atoms. The largest absolute Gasteiger partial charge is 0.324 e. The molecule has 1 nitrogen and oxygen atoms in total. The summed E-state index contributed by atoms with van der Waals surface area (Å²) in [6.45, 7) is 2.10. The molecule has 0 unspecified atom stereocenters. The number of hydrogen-bond donors (Lipinski definition) is 1. The van der Waals surface area contributed by atoms with Crippen molar-refractivity contribution in [2.75, 3.05) is 0 Å². The van der Waals surface area contributed by atoms with E-state index in [1.807, 2.05) is 0 Å². The van der Waals surface area contributed by atoms with Gasteiger partial charge in [0.25, 0.3) is 0 Å². The molecule has 0 saturated heterocycles. The first-order valence-corrected chi connectivity index (χ1v) is 5.49. The highest BCUT2D eigenvalue weighted by molar-refractivity contribution is 9.10. The van der Waals surface area contributed by atoms with E-state index in [-0.39, 0.29) is 6.04 Å². The van der Waals surface area contributed by atoms with Crippen molar-refractivity contribution in [2.24, 2.45) is 11.7 Å². The van der Waals surface area contributed by atoms with Crippen LogP contribution in [0.2, 0.25) is 0 Å². The molecule has 1 aromatic rings. The van der Waals surface area contributed by atoms with Crippen LogP contribution in [0.15, 0.2) is 22.7 Å². The second-order valence-corrected chi connectivity index (χ2v) is 4.73. The molecule has 1 fully saturated rings. The van der Waals surface area contributed by atoms with Gasteiger partial charge in [0, 0.05) is 10.5 Å². The number of nitrogens with two attached hydrogens (primary N) is 1. The summed E-state index contributed by atoms with van der Waals surface area (Å²) >= 11 is 3.49. The Balaban J connectivity index is 2.24. The Morgan fingerprint density at radius 2 is 2.15 bits per heavy atom. The summed E-state index contributed by atoms with van der Waals surface area (Å²) in [6.07, 6.45) is 2.60. The molecule has 0 radical (unpaired) electrons. The van der Waals surface area contributed by atoms with Crippen LogP contribution in [-0.4, -0.2) is 0 Å². The molecular formula is C11H14BrN. The zero-order valence-electron chi connectivity index (χ0n) is 7.76. The maximum atomic E-state index is 6.10. The average molecular weight is 240 g/mol. The summed E-state index contributed by atoms with van der Waals surface area (Å²) in [4.78, 5) is 0. The molecule has 1 atom stereocenters. The molecule has 2 rings (SSSR count). The summed E-state index contributed by atoms with van der Waals surface area (Å²) in [5.41, 5.74) is 8.66. The highest BCUT2D eigenvalue weighted by Crippen LogP contribution is 2.39. The fraction of sp³-hybridized carbons (Fsp3) is 0.455. The Morgan fingerprint density at radius 3 is 2.69 bits per heavy atom. The van der Waals surface area contributed by atoms with Crippen molar-refractivity contribution < 1.29 is 0 Å². The van der Waals surface area contributed by atoms with Crippen molar-refractivity contribution in [3.05, 3.63) is 33.8 Å². The van der Waals surface area contributed by atoms with E-state index in [9.17, 15) is 0 Å². The van der Waals surface area contributed by atoms with E-state index in [0.717, 1.165) is 5.92 Å². The molecule has 0 aliphatic heterocycles. The molecule has 1 saturated carbocycles. The van der Waals surface area contributed by atoms with Gasteiger partial charge in [-0.3, -0.25) is 0 Å². The third-order valence-electron chi connectivity index (χ3n) is 2.70. The van der Waals surface area contributed by atoms with Crippen LogP contribution >= 0.6 is 15.9 Å². The maximum Gasteiger partial charge on any atom is 0.0323 e. The lowest BCUT2D eigenvalue weighted by Gasteiger charge is -2.11. The lowest BCUT2D eigenvalue weighted by atomic mass is 10.0. The monoisotopic (exact) mass is 239 g/mol. The Hall–Kier alpha value is -0.340. The van der Waals surface area contributed by atoms with E-state index >= 15 is 0 Å². The van der Waals surface area contributed by atoms with Crippen molar-refractivity contribution in [3.8, 4) is 0 Å². The molecule has 70 valence electrons. The van der Waals surface area contributed by atoms with Crippen LogP contribution in [0, 0.1) is 12.8 Å². The Kier molecular flexibility index (Phi) is 2.43. The summed E-state index contributed by atoms with van der Waals surface area (Å²) in [6, 6.07) is 6.66. The van der Waals surface area contributed by atoms with Crippen LogP contribution in [-0.2, 0) is 0 Å². The first kappa shape index (κ1) is 9.22. The molecule has 0 aromatic heterocycles. The minimum Gasteiger partial charge on any atom is -0.324 e. The minimum atomic E-state index is 0.256. The van der Waals surface area contributed by atoms with E-state index < -0.39 is 0 Å². The Bertz CT molecular complexity index is 318. The highest BCUT2D eigenvalue weighted by atomic mass is 79.9. The van der Waals surface area contributed by atoms with Gasteiger partial charge in [-0.15, -0.1) is 0 Å². The van der Waals surface area contributed by atoms with Gasteiger partial charge in [-0.05, 0) is 42.9 Å². The predicted octanol–water partition coefficient (Wildman–Crippen LogP) is 3.17. The SMILES string of the molecule is Cc1cc([C@H](N)C2CC2)ccc1Br. The van der Waals surface area contributed by atoms with Gasteiger partial charge in [0.15, 0.2) is 0 Å². The van der Waals surface area contributed by atoms with Gasteiger partial charge in [-0.1, -0.05) is 28.1 Å². The Morgan fingerprint density at radius 1 is 1.46 bits per heavy atom. The second-order valence-electron chi connectivity index (χ2n) is 3.87. The lowest BCUT2D eigenvalue weighted by molar-refractivity contribution is 0.633. The van der Waals surface area contributed by atoms with Crippen LogP contribution in [0.25, 0.3) is 0 Å². The molecule has 2 heteroatoms. The van der Waals surface area contributed by atoms with Crippen LogP contribution in [0.3, 0.4) is 0 Å².